The van der Waals surface area contributed by atoms with Gasteiger partial charge in [-0.15, -0.1) is 0 Å². The molecule has 3 heterocycles. The molecule has 1 unspecified atom stereocenters. The van der Waals surface area contributed by atoms with Gasteiger partial charge in [-0.2, -0.15) is 0 Å². The first-order valence-electron chi connectivity index (χ1n) is 7.03. The minimum Gasteiger partial charge on any atom is -0.369 e. The quantitative estimate of drug-likeness (QED) is 0.537. The maximum absolute atomic E-state index is 12.3. The Morgan fingerprint density at radius 2 is 2.18 bits per heavy atom. The second-order valence-electron chi connectivity index (χ2n) is 5.42. The average Bonchev–Trinajstić information content (AvgIpc) is 3.03. The van der Waals surface area contributed by atoms with Crippen molar-refractivity contribution in [1.82, 2.24) is 20.3 Å². The number of imidazole rings is 1. The summed E-state index contributed by atoms with van der Waals surface area (Å²) in [5.74, 6) is 0.361. The van der Waals surface area contributed by atoms with E-state index in [2.05, 4.69) is 36.2 Å². The summed E-state index contributed by atoms with van der Waals surface area (Å²) in [5.41, 5.74) is 9.20. The third-order valence-corrected chi connectivity index (χ3v) is 4.58. The molecule has 1 amide bonds. The zero-order valence-corrected chi connectivity index (χ0v) is 13.2. The molecule has 4 rings (SSSR count). The van der Waals surface area contributed by atoms with Crippen LogP contribution < -0.4 is 11.1 Å². The van der Waals surface area contributed by atoms with Gasteiger partial charge >= 0.3 is 0 Å². The fourth-order valence-corrected chi connectivity index (χ4v) is 3.49. The van der Waals surface area contributed by atoms with E-state index in [0.29, 0.717) is 18.2 Å². The van der Waals surface area contributed by atoms with Gasteiger partial charge in [-0.1, -0.05) is 15.9 Å². The lowest BCUT2D eigenvalue weighted by molar-refractivity contribution is 0.0952. The lowest BCUT2D eigenvalue weighted by Gasteiger charge is -2.13. The molecule has 0 aliphatic carbocycles. The lowest BCUT2D eigenvalue weighted by atomic mass is 9.91. The third-order valence-electron chi connectivity index (χ3n) is 4.09. The number of nitrogens with zero attached hydrogens (tertiary/aromatic N) is 1. The minimum absolute atomic E-state index is 0.0433. The lowest BCUT2D eigenvalue weighted by Crippen LogP contribution is -2.23. The van der Waals surface area contributed by atoms with Crippen molar-refractivity contribution in [1.29, 1.82) is 0 Å². The molecule has 1 aromatic carbocycles. The number of nitrogens with two attached hydrogens (primary N) is 1. The van der Waals surface area contributed by atoms with Crippen LogP contribution in [0.1, 0.15) is 34.1 Å². The maximum atomic E-state index is 12.3. The van der Waals surface area contributed by atoms with E-state index < -0.39 is 0 Å². The van der Waals surface area contributed by atoms with Crippen molar-refractivity contribution >= 4 is 38.7 Å². The number of nitrogen functional groups attached to an aromatic ring is 1. The molecule has 2 aromatic heterocycles. The van der Waals surface area contributed by atoms with Crippen LogP contribution in [0, 0.1) is 0 Å². The monoisotopic (exact) mass is 359 g/mol. The molecule has 5 N–H and O–H groups in total. The van der Waals surface area contributed by atoms with Crippen LogP contribution in [0.5, 0.6) is 0 Å². The van der Waals surface area contributed by atoms with E-state index >= 15 is 0 Å². The number of nitrogens with one attached hydrogen (secondary N) is 3. The summed E-state index contributed by atoms with van der Waals surface area (Å²) < 4.78 is 0.981. The van der Waals surface area contributed by atoms with Crippen LogP contribution in [0.3, 0.4) is 0 Å². The van der Waals surface area contributed by atoms with Crippen molar-refractivity contribution in [2.45, 2.75) is 12.3 Å². The van der Waals surface area contributed by atoms with Crippen molar-refractivity contribution in [2.75, 3.05) is 12.3 Å². The van der Waals surface area contributed by atoms with E-state index in [0.717, 1.165) is 33.1 Å². The van der Waals surface area contributed by atoms with Crippen molar-refractivity contribution in [2.24, 2.45) is 0 Å². The van der Waals surface area contributed by atoms with E-state index in [-0.39, 0.29) is 11.8 Å². The second kappa shape index (κ2) is 4.88. The number of carbonyl (C=O) groups is 1. The van der Waals surface area contributed by atoms with E-state index in [1.165, 1.54) is 0 Å². The highest BCUT2D eigenvalue weighted by atomic mass is 79.9. The van der Waals surface area contributed by atoms with Gasteiger partial charge in [-0.05, 0) is 30.2 Å². The number of carbonyl (C=O) groups excluding carboxylic acids is 1. The number of rotatable bonds is 1. The highest BCUT2D eigenvalue weighted by Crippen LogP contribution is 2.37. The molecule has 1 atom stereocenters. The highest BCUT2D eigenvalue weighted by molar-refractivity contribution is 9.10. The molecule has 0 radical (unpaired) electrons. The summed E-state index contributed by atoms with van der Waals surface area (Å²) in [6.07, 6.45) is 2.54. The molecule has 7 heteroatoms. The van der Waals surface area contributed by atoms with Crippen LogP contribution >= 0.6 is 15.9 Å². The van der Waals surface area contributed by atoms with Crippen molar-refractivity contribution in [3.8, 4) is 0 Å². The number of H-pyrrole nitrogens is 2. The summed E-state index contributed by atoms with van der Waals surface area (Å²) >= 11 is 3.51. The summed E-state index contributed by atoms with van der Waals surface area (Å²) in [7, 11) is 0. The van der Waals surface area contributed by atoms with Gasteiger partial charge in [0.25, 0.3) is 5.91 Å². The van der Waals surface area contributed by atoms with Crippen LogP contribution in [0.15, 0.2) is 28.9 Å². The van der Waals surface area contributed by atoms with Gasteiger partial charge in [-0.3, -0.25) is 4.79 Å². The topological polar surface area (TPSA) is 99.6 Å². The maximum Gasteiger partial charge on any atom is 0.268 e. The molecule has 0 saturated heterocycles. The number of aromatic amines is 2. The molecule has 3 aromatic rings. The van der Waals surface area contributed by atoms with Crippen LogP contribution in [-0.2, 0) is 0 Å². The Hall–Kier alpha value is -2.28. The van der Waals surface area contributed by atoms with E-state index in [4.69, 9.17) is 5.73 Å². The number of anilines is 1. The first-order valence-corrected chi connectivity index (χ1v) is 7.82. The minimum atomic E-state index is -0.0719. The summed E-state index contributed by atoms with van der Waals surface area (Å²) in [4.78, 5) is 22.8. The Balaban J connectivity index is 2.00. The van der Waals surface area contributed by atoms with Gasteiger partial charge in [0.2, 0.25) is 0 Å². The van der Waals surface area contributed by atoms with Crippen molar-refractivity contribution < 1.29 is 4.79 Å². The average molecular weight is 360 g/mol. The fraction of sp³-hybridized carbons (Fsp3) is 0.200. The standard InChI is InChI=1S/C15H14BrN5O/c16-7-1-2-10-9(5-7)12-8(11-6-19-15(17)21-11)3-4-18-14(22)13(12)20-10/h1-2,5-6,8,20H,3-4H2,(H,18,22)(H3,17,19,21). The third kappa shape index (κ3) is 2.00. The van der Waals surface area contributed by atoms with Crippen molar-refractivity contribution in [3.63, 3.8) is 0 Å². The molecule has 1 aliphatic rings. The van der Waals surface area contributed by atoms with Crippen molar-refractivity contribution in [3.05, 3.63) is 45.8 Å². The van der Waals surface area contributed by atoms with Crippen LogP contribution in [0.4, 0.5) is 5.95 Å². The number of hydrogen-bond acceptors (Lipinski definition) is 3. The number of benzene rings is 1. The molecule has 6 nitrogen and oxygen atoms in total. The van der Waals surface area contributed by atoms with Crippen LogP contribution in [-0.4, -0.2) is 27.4 Å². The normalized spacial score (nSPS) is 18.0. The number of aromatic nitrogens is 3. The Morgan fingerprint density at radius 1 is 1.32 bits per heavy atom. The molecule has 0 saturated carbocycles. The Labute approximate surface area is 134 Å². The number of fused-ring (bicyclic) bond motifs is 3. The van der Waals surface area contributed by atoms with E-state index in [9.17, 15) is 4.79 Å². The zero-order chi connectivity index (χ0) is 15.3. The van der Waals surface area contributed by atoms with Gasteiger partial charge in [0.05, 0.1) is 6.20 Å². The largest absolute Gasteiger partial charge is 0.369 e. The number of halogens is 1. The molecule has 0 spiro atoms. The summed E-state index contributed by atoms with van der Waals surface area (Å²) in [6.45, 7) is 0.612. The Kier molecular flexibility index (Phi) is 2.97. The van der Waals surface area contributed by atoms with E-state index in [1.807, 2.05) is 18.2 Å². The molecule has 112 valence electrons. The smallest absolute Gasteiger partial charge is 0.268 e. The highest BCUT2D eigenvalue weighted by Gasteiger charge is 2.29. The fourth-order valence-electron chi connectivity index (χ4n) is 3.13. The molecular weight excluding hydrogens is 346 g/mol. The van der Waals surface area contributed by atoms with Gasteiger partial charge in [-0.25, -0.2) is 4.98 Å². The summed E-state index contributed by atoms with van der Waals surface area (Å²) in [6, 6.07) is 5.97. The first kappa shape index (κ1) is 13.4. The SMILES string of the molecule is Nc1ncc(C2CCNC(=O)c3[nH]c4ccc(Br)cc4c32)[nH]1. The van der Waals surface area contributed by atoms with Gasteiger partial charge in [0, 0.05) is 33.5 Å². The Morgan fingerprint density at radius 3 is 2.95 bits per heavy atom. The molecule has 1 aliphatic heterocycles. The van der Waals surface area contributed by atoms with Gasteiger partial charge in [0.1, 0.15) is 5.69 Å². The van der Waals surface area contributed by atoms with Gasteiger partial charge < -0.3 is 21.0 Å². The predicted molar refractivity (Wildman–Crippen MR) is 87.8 cm³/mol. The predicted octanol–water partition coefficient (Wildman–Crippen LogP) is 2.50. The number of hydrogen-bond donors (Lipinski definition) is 4. The Bertz CT molecular complexity index is 881. The molecule has 0 bridgehead atoms. The van der Waals surface area contributed by atoms with E-state index in [1.54, 1.807) is 6.20 Å². The first-order chi connectivity index (χ1) is 10.6. The molecule has 22 heavy (non-hydrogen) atoms. The summed E-state index contributed by atoms with van der Waals surface area (Å²) in [5, 5.41) is 3.98. The zero-order valence-electron chi connectivity index (χ0n) is 11.6. The van der Waals surface area contributed by atoms with Crippen LogP contribution in [0.2, 0.25) is 0 Å². The van der Waals surface area contributed by atoms with Crippen LogP contribution in [0.25, 0.3) is 10.9 Å². The number of amides is 1. The molecular formula is C15H14BrN5O. The molecule has 0 fully saturated rings. The second-order valence-corrected chi connectivity index (χ2v) is 6.34. The van der Waals surface area contributed by atoms with Gasteiger partial charge in [0.15, 0.2) is 5.95 Å².